The third-order valence-corrected chi connectivity index (χ3v) is 2.05. The maximum absolute atomic E-state index is 5.63. The van der Waals surface area contributed by atoms with E-state index in [4.69, 9.17) is 5.73 Å². The molecule has 76 valence electrons. The summed E-state index contributed by atoms with van der Waals surface area (Å²) in [7, 11) is 0. The number of hydrogen-bond acceptors (Lipinski definition) is 3. The van der Waals surface area contributed by atoms with Crippen molar-refractivity contribution in [2.75, 3.05) is 17.2 Å². The second-order valence-corrected chi connectivity index (χ2v) is 3.47. The fourth-order valence-corrected chi connectivity index (χ4v) is 1.37. The average molecular weight is 191 g/mol. The lowest BCUT2D eigenvalue weighted by molar-refractivity contribution is 0.723. The molecule has 0 radical (unpaired) electrons. The van der Waals surface area contributed by atoms with Crippen molar-refractivity contribution in [2.45, 2.75) is 19.9 Å². The Kier molecular flexibility index (Phi) is 3.51. The van der Waals surface area contributed by atoms with Crippen molar-refractivity contribution < 1.29 is 0 Å². The topological polar surface area (TPSA) is 42.2 Å². The molecule has 0 aliphatic rings. The Hall–Kier alpha value is -1.51. The summed E-state index contributed by atoms with van der Waals surface area (Å²) in [6.07, 6.45) is 3.61. The first-order valence-electron chi connectivity index (χ1n) is 4.74. The molecule has 0 unspecified atom stereocenters. The number of anilines is 2. The Morgan fingerprint density at radius 2 is 2.36 bits per heavy atom. The molecule has 0 bridgehead atoms. The van der Waals surface area contributed by atoms with Gasteiger partial charge in [0, 0.05) is 30.5 Å². The summed E-state index contributed by atoms with van der Waals surface area (Å²) in [5.41, 5.74) is 6.72. The standard InChI is InChI=1S/C11H17N3/c1-4-7-14(9(2)3)10-5-6-13-11(12)8-10/h4-6,8-9H,1,7H2,2-3H3,(H2,12,13). The number of nitrogens with zero attached hydrogens (tertiary/aromatic N) is 2. The van der Waals surface area contributed by atoms with Crippen molar-refractivity contribution in [3.05, 3.63) is 31.0 Å². The van der Waals surface area contributed by atoms with E-state index in [-0.39, 0.29) is 0 Å². The molecule has 0 aliphatic heterocycles. The van der Waals surface area contributed by atoms with E-state index in [1.807, 2.05) is 18.2 Å². The average Bonchev–Trinajstić information content (AvgIpc) is 2.13. The molecule has 14 heavy (non-hydrogen) atoms. The van der Waals surface area contributed by atoms with Crippen LogP contribution in [0.2, 0.25) is 0 Å². The van der Waals surface area contributed by atoms with Crippen molar-refractivity contribution in [3.63, 3.8) is 0 Å². The SMILES string of the molecule is C=CCN(c1ccnc(N)c1)C(C)C. The monoisotopic (exact) mass is 191 g/mol. The van der Waals surface area contributed by atoms with Crippen LogP contribution in [0, 0.1) is 0 Å². The van der Waals surface area contributed by atoms with Gasteiger partial charge in [0.1, 0.15) is 5.82 Å². The van der Waals surface area contributed by atoms with Gasteiger partial charge in [-0.15, -0.1) is 6.58 Å². The highest BCUT2D eigenvalue weighted by atomic mass is 15.1. The van der Waals surface area contributed by atoms with Gasteiger partial charge in [0.2, 0.25) is 0 Å². The van der Waals surface area contributed by atoms with Crippen LogP contribution >= 0.6 is 0 Å². The third kappa shape index (κ3) is 2.49. The maximum atomic E-state index is 5.63. The predicted octanol–water partition coefficient (Wildman–Crippen LogP) is 2.06. The lowest BCUT2D eigenvalue weighted by Crippen LogP contribution is -2.30. The Morgan fingerprint density at radius 3 is 2.86 bits per heavy atom. The summed E-state index contributed by atoms with van der Waals surface area (Å²) < 4.78 is 0. The van der Waals surface area contributed by atoms with Crippen LogP contribution in [0.5, 0.6) is 0 Å². The van der Waals surface area contributed by atoms with Gasteiger partial charge in [0.05, 0.1) is 0 Å². The van der Waals surface area contributed by atoms with Crippen molar-refractivity contribution in [1.29, 1.82) is 0 Å². The van der Waals surface area contributed by atoms with Crippen molar-refractivity contribution in [1.82, 2.24) is 4.98 Å². The minimum absolute atomic E-state index is 0.426. The zero-order chi connectivity index (χ0) is 10.6. The first kappa shape index (κ1) is 10.6. The summed E-state index contributed by atoms with van der Waals surface area (Å²) in [4.78, 5) is 6.18. The van der Waals surface area contributed by atoms with Gasteiger partial charge < -0.3 is 10.6 Å². The van der Waals surface area contributed by atoms with Crippen molar-refractivity contribution >= 4 is 11.5 Å². The molecular formula is C11H17N3. The Morgan fingerprint density at radius 1 is 1.64 bits per heavy atom. The first-order valence-corrected chi connectivity index (χ1v) is 4.74. The lowest BCUT2D eigenvalue weighted by atomic mass is 10.2. The Balaban J connectivity index is 2.92. The number of pyridine rings is 1. The van der Waals surface area contributed by atoms with Crippen LogP contribution in [0.1, 0.15) is 13.8 Å². The van der Waals surface area contributed by atoms with Crippen molar-refractivity contribution in [3.8, 4) is 0 Å². The van der Waals surface area contributed by atoms with Crippen LogP contribution in [-0.2, 0) is 0 Å². The number of nitrogens with two attached hydrogens (primary N) is 1. The van der Waals surface area contributed by atoms with Crippen LogP contribution in [0.15, 0.2) is 31.0 Å². The molecule has 0 saturated carbocycles. The molecule has 1 rings (SSSR count). The molecule has 0 aliphatic carbocycles. The van der Waals surface area contributed by atoms with E-state index in [0.717, 1.165) is 12.2 Å². The van der Waals surface area contributed by atoms with Gasteiger partial charge in [-0.25, -0.2) is 4.98 Å². The number of hydrogen-bond donors (Lipinski definition) is 1. The molecule has 0 fully saturated rings. The van der Waals surface area contributed by atoms with Gasteiger partial charge >= 0.3 is 0 Å². The predicted molar refractivity (Wildman–Crippen MR) is 61.3 cm³/mol. The lowest BCUT2D eigenvalue weighted by Gasteiger charge is -2.27. The zero-order valence-corrected chi connectivity index (χ0v) is 8.77. The summed E-state index contributed by atoms with van der Waals surface area (Å²) >= 11 is 0. The maximum Gasteiger partial charge on any atom is 0.125 e. The van der Waals surface area contributed by atoms with Gasteiger partial charge in [-0.3, -0.25) is 0 Å². The Bertz CT molecular complexity index is 307. The quantitative estimate of drug-likeness (QED) is 0.741. The molecule has 1 aromatic heterocycles. The highest BCUT2D eigenvalue weighted by Gasteiger charge is 2.08. The largest absolute Gasteiger partial charge is 0.384 e. The summed E-state index contributed by atoms with van der Waals surface area (Å²) in [6, 6.07) is 4.26. The molecule has 2 N–H and O–H groups in total. The Labute approximate surface area is 85.3 Å². The van der Waals surface area contributed by atoms with Crippen LogP contribution < -0.4 is 10.6 Å². The third-order valence-electron chi connectivity index (χ3n) is 2.05. The van der Waals surface area contributed by atoms with E-state index in [9.17, 15) is 0 Å². The van der Waals surface area contributed by atoms with Crippen LogP contribution in [0.25, 0.3) is 0 Å². The highest BCUT2D eigenvalue weighted by Crippen LogP contribution is 2.17. The highest BCUT2D eigenvalue weighted by molar-refractivity contribution is 5.52. The van der Waals surface area contributed by atoms with Crippen molar-refractivity contribution in [2.24, 2.45) is 0 Å². The van der Waals surface area contributed by atoms with Crippen LogP contribution in [0.4, 0.5) is 11.5 Å². The van der Waals surface area contributed by atoms with Gasteiger partial charge in [-0.2, -0.15) is 0 Å². The smallest absolute Gasteiger partial charge is 0.125 e. The summed E-state index contributed by atoms with van der Waals surface area (Å²) in [6.45, 7) is 8.84. The van der Waals surface area contributed by atoms with Gasteiger partial charge in [0.25, 0.3) is 0 Å². The fourth-order valence-electron chi connectivity index (χ4n) is 1.37. The van der Waals surface area contributed by atoms with Gasteiger partial charge in [-0.05, 0) is 19.9 Å². The number of aromatic nitrogens is 1. The number of nitrogen functional groups attached to an aromatic ring is 1. The second kappa shape index (κ2) is 4.65. The van der Waals surface area contributed by atoms with E-state index < -0.39 is 0 Å². The molecule has 1 aromatic rings. The molecule has 0 saturated heterocycles. The minimum Gasteiger partial charge on any atom is -0.384 e. The van der Waals surface area contributed by atoms with Crippen LogP contribution in [0.3, 0.4) is 0 Å². The molecule has 0 amide bonds. The molecule has 3 heteroatoms. The summed E-state index contributed by atoms with van der Waals surface area (Å²) in [5.74, 6) is 0.553. The van der Waals surface area contributed by atoms with Gasteiger partial charge in [0.15, 0.2) is 0 Å². The molecule has 1 heterocycles. The van der Waals surface area contributed by atoms with E-state index >= 15 is 0 Å². The van der Waals surface area contributed by atoms with E-state index in [1.54, 1.807) is 6.20 Å². The van der Waals surface area contributed by atoms with Gasteiger partial charge in [-0.1, -0.05) is 6.08 Å². The molecule has 0 aromatic carbocycles. The molecule has 3 nitrogen and oxygen atoms in total. The van der Waals surface area contributed by atoms with Crippen LogP contribution in [-0.4, -0.2) is 17.6 Å². The molecule has 0 atom stereocenters. The minimum atomic E-state index is 0.426. The fraction of sp³-hybridized carbons (Fsp3) is 0.364. The van der Waals surface area contributed by atoms with E-state index in [0.29, 0.717) is 11.9 Å². The van der Waals surface area contributed by atoms with E-state index in [1.165, 1.54) is 0 Å². The summed E-state index contributed by atoms with van der Waals surface area (Å²) in [5, 5.41) is 0. The first-order chi connectivity index (χ1) is 6.65. The molecule has 0 spiro atoms. The second-order valence-electron chi connectivity index (χ2n) is 3.47. The molecular weight excluding hydrogens is 174 g/mol. The number of rotatable bonds is 4. The normalized spacial score (nSPS) is 10.2. The van der Waals surface area contributed by atoms with E-state index in [2.05, 4.69) is 30.3 Å². The zero-order valence-electron chi connectivity index (χ0n) is 8.77.